The number of hydrogen-bond acceptors (Lipinski definition) is 5. The fraction of sp³-hybridized carbons (Fsp3) is 0.0909. The van der Waals surface area contributed by atoms with Crippen molar-refractivity contribution < 1.29 is 18.0 Å². The fourth-order valence-electron chi connectivity index (χ4n) is 2.95. The highest BCUT2D eigenvalue weighted by atomic mass is 35.5. The van der Waals surface area contributed by atoms with Crippen molar-refractivity contribution >= 4 is 35.0 Å². The van der Waals surface area contributed by atoms with E-state index in [1.807, 2.05) is 36.4 Å². The summed E-state index contributed by atoms with van der Waals surface area (Å²) in [4.78, 5) is 16.8. The van der Waals surface area contributed by atoms with Crippen LogP contribution < -0.4 is 5.32 Å². The molecule has 0 spiro atoms. The average molecular weight is 490 g/mol. The minimum absolute atomic E-state index is 0.00578. The molecule has 0 fully saturated rings. The number of hydrogen-bond donors (Lipinski definition) is 1. The number of rotatable bonds is 6. The molecule has 0 radical (unpaired) electrons. The van der Waals surface area contributed by atoms with Crippen LogP contribution in [0.2, 0.25) is 5.02 Å². The minimum atomic E-state index is -4.55. The highest BCUT2D eigenvalue weighted by Gasteiger charge is 2.31. The van der Waals surface area contributed by atoms with E-state index in [1.165, 1.54) is 0 Å². The number of halogens is 4. The number of aromatic nitrogens is 4. The first-order valence-electron chi connectivity index (χ1n) is 9.54. The van der Waals surface area contributed by atoms with Gasteiger partial charge in [0.2, 0.25) is 5.91 Å². The van der Waals surface area contributed by atoms with Gasteiger partial charge in [0.15, 0.2) is 11.0 Å². The van der Waals surface area contributed by atoms with Gasteiger partial charge in [0.25, 0.3) is 0 Å². The van der Waals surface area contributed by atoms with Gasteiger partial charge in [0, 0.05) is 11.9 Å². The molecule has 0 unspecified atom stereocenters. The Morgan fingerprint density at radius 2 is 1.79 bits per heavy atom. The molecule has 0 aliphatic rings. The molecule has 168 valence electrons. The van der Waals surface area contributed by atoms with E-state index in [-0.39, 0.29) is 16.5 Å². The summed E-state index contributed by atoms with van der Waals surface area (Å²) in [6.45, 7) is 0. The summed E-state index contributed by atoms with van der Waals surface area (Å²) in [7, 11) is 0. The maximum absolute atomic E-state index is 13.0. The minimum Gasteiger partial charge on any atom is -0.324 e. The summed E-state index contributed by atoms with van der Waals surface area (Å²) in [5.74, 6) is -0.173. The molecule has 4 aromatic rings. The Morgan fingerprint density at radius 1 is 1.03 bits per heavy atom. The van der Waals surface area contributed by atoms with Gasteiger partial charge in [0.1, 0.15) is 5.69 Å². The molecule has 0 atom stereocenters. The van der Waals surface area contributed by atoms with Crippen LogP contribution in [0.4, 0.5) is 18.9 Å². The third kappa shape index (κ3) is 5.35. The topological polar surface area (TPSA) is 72.7 Å². The van der Waals surface area contributed by atoms with E-state index < -0.39 is 17.6 Å². The second-order valence-electron chi connectivity index (χ2n) is 6.72. The van der Waals surface area contributed by atoms with Crippen molar-refractivity contribution in [3.05, 3.63) is 83.5 Å². The lowest BCUT2D eigenvalue weighted by molar-refractivity contribution is -0.137. The molecule has 0 aliphatic carbocycles. The molecule has 11 heteroatoms. The number of para-hydroxylation sites is 1. The van der Waals surface area contributed by atoms with Gasteiger partial charge in [-0.3, -0.25) is 14.3 Å². The lowest BCUT2D eigenvalue weighted by atomic mass is 10.2. The highest BCUT2D eigenvalue weighted by Crippen LogP contribution is 2.34. The van der Waals surface area contributed by atoms with E-state index >= 15 is 0 Å². The third-order valence-electron chi connectivity index (χ3n) is 4.44. The van der Waals surface area contributed by atoms with E-state index in [1.54, 1.807) is 22.9 Å². The molecule has 0 aliphatic heterocycles. The van der Waals surface area contributed by atoms with Crippen LogP contribution >= 0.6 is 23.4 Å². The molecule has 2 aromatic heterocycles. The molecule has 1 amide bonds. The van der Waals surface area contributed by atoms with E-state index in [0.29, 0.717) is 16.7 Å². The average Bonchev–Trinajstić information content (AvgIpc) is 3.23. The van der Waals surface area contributed by atoms with Gasteiger partial charge in [-0.15, -0.1) is 10.2 Å². The Hall–Kier alpha value is -3.37. The molecule has 0 bridgehead atoms. The SMILES string of the molecule is O=C(CSc1nnc(-c2ccccn2)n1-c1ccccc1)Nc1cc(C(F)(F)F)ccc1Cl. The lowest BCUT2D eigenvalue weighted by Crippen LogP contribution is -2.16. The van der Waals surface area contributed by atoms with Crippen LogP contribution in [-0.4, -0.2) is 31.4 Å². The smallest absolute Gasteiger partial charge is 0.324 e. The molecule has 33 heavy (non-hydrogen) atoms. The fourth-order valence-corrected chi connectivity index (χ4v) is 3.86. The molecule has 2 aromatic carbocycles. The zero-order valence-corrected chi connectivity index (χ0v) is 18.3. The summed E-state index contributed by atoms with van der Waals surface area (Å²) in [6, 6.07) is 17.5. The Balaban J connectivity index is 1.56. The summed E-state index contributed by atoms with van der Waals surface area (Å²) in [5, 5.41) is 11.3. The predicted molar refractivity (Wildman–Crippen MR) is 120 cm³/mol. The van der Waals surface area contributed by atoms with Crippen molar-refractivity contribution in [3.63, 3.8) is 0 Å². The summed E-state index contributed by atoms with van der Waals surface area (Å²) < 4.78 is 40.7. The van der Waals surface area contributed by atoms with Crippen molar-refractivity contribution in [2.75, 3.05) is 11.1 Å². The van der Waals surface area contributed by atoms with Crippen molar-refractivity contribution in [1.82, 2.24) is 19.7 Å². The van der Waals surface area contributed by atoms with Crippen LogP contribution in [-0.2, 0) is 11.0 Å². The van der Waals surface area contributed by atoms with Crippen LogP contribution in [0.15, 0.2) is 78.1 Å². The van der Waals surface area contributed by atoms with Crippen LogP contribution in [0.3, 0.4) is 0 Å². The quantitative estimate of drug-likeness (QED) is 0.350. The van der Waals surface area contributed by atoms with Gasteiger partial charge in [-0.2, -0.15) is 13.2 Å². The zero-order valence-electron chi connectivity index (χ0n) is 16.8. The first-order valence-corrected chi connectivity index (χ1v) is 10.9. The predicted octanol–water partition coefficient (Wildman–Crippen LogP) is 5.73. The molecule has 0 saturated carbocycles. The molecule has 2 heterocycles. The lowest BCUT2D eigenvalue weighted by Gasteiger charge is -2.12. The second-order valence-corrected chi connectivity index (χ2v) is 8.07. The van der Waals surface area contributed by atoms with Gasteiger partial charge >= 0.3 is 6.18 Å². The van der Waals surface area contributed by atoms with Gasteiger partial charge < -0.3 is 5.32 Å². The Bertz CT molecular complexity index is 1270. The van der Waals surface area contributed by atoms with Crippen LogP contribution in [0.5, 0.6) is 0 Å². The molecule has 6 nitrogen and oxygen atoms in total. The van der Waals surface area contributed by atoms with E-state index in [0.717, 1.165) is 35.6 Å². The highest BCUT2D eigenvalue weighted by molar-refractivity contribution is 7.99. The standard InChI is InChI=1S/C22H15ClF3N5OS/c23-16-10-9-14(22(24,25)26)12-18(16)28-19(32)13-33-21-30-29-20(17-8-4-5-11-27-17)31(21)15-6-2-1-3-7-15/h1-12H,13H2,(H,28,32). The molecule has 0 saturated heterocycles. The first-order chi connectivity index (χ1) is 15.8. The number of thioether (sulfide) groups is 1. The monoisotopic (exact) mass is 489 g/mol. The van der Waals surface area contributed by atoms with Gasteiger partial charge in [-0.25, -0.2) is 0 Å². The maximum Gasteiger partial charge on any atom is 0.416 e. The third-order valence-corrected chi connectivity index (χ3v) is 5.70. The first kappa shape index (κ1) is 22.8. The number of alkyl halides is 3. The Labute approximate surface area is 195 Å². The maximum atomic E-state index is 13.0. The summed E-state index contributed by atoms with van der Waals surface area (Å²) >= 11 is 7.05. The van der Waals surface area contributed by atoms with Crippen molar-refractivity contribution in [2.45, 2.75) is 11.3 Å². The van der Waals surface area contributed by atoms with E-state index in [9.17, 15) is 18.0 Å². The number of amides is 1. The number of anilines is 1. The molecular weight excluding hydrogens is 475 g/mol. The number of benzene rings is 2. The van der Waals surface area contributed by atoms with Crippen LogP contribution in [0.25, 0.3) is 17.2 Å². The van der Waals surface area contributed by atoms with Crippen molar-refractivity contribution in [1.29, 1.82) is 0 Å². The van der Waals surface area contributed by atoms with Gasteiger partial charge in [-0.1, -0.05) is 47.6 Å². The van der Waals surface area contributed by atoms with E-state index in [4.69, 9.17) is 11.6 Å². The Morgan fingerprint density at radius 3 is 2.48 bits per heavy atom. The van der Waals surface area contributed by atoms with Gasteiger partial charge in [-0.05, 0) is 42.5 Å². The van der Waals surface area contributed by atoms with Crippen LogP contribution in [0, 0.1) is 0 Å². The molecular formula is C22H15ClF3N5OS. The summed E-state index contributed by atoms with van der Waals surface area (Å²) in [6.07, 6.45) is -2.91. The normalized spacial score (nSPS) is 11.4. The van der Waals surface area contributed by atoms with Crippen molar-refractivity contribution in [3.8, 4) is 17.2 Å². The van der Waals surface area contributed by atoms with E-state index in [2.05, 4.69) is 20.5 Å². The van der Waals surface area contributed by atoms with Crippen LogP contribution in [0.1, 0.15) is 5.56 Å². The zero-order chi connectivity index (χ0) is 23.4. The number of nitrogens with one attached hydrogen (secondary N) is 1. The number of nitrogens with zero attached hydrogens (tertiary/aromatic N) is 4. The van der Waals surface area contributed by atoms with Crippen molar-refractivity contribution in [2.24, 2.45) is 0 Å². The Kier molecular flexibility index (Phi) is 6.66. The summed E-state index contributed by atoms with van der Waals surface area (Å²) in [5.41, 5.74) is 0.349. The second kappa shape index (κ2) is 9.63. The largest absolute Gasteiger partial charge is 0.416 e. The molecule has 1 N–H and O–H groups in total. The van der Waals surface area contributed by atoms with Gasteiger partial charge in [0.05, 0.1) is 22.0 Å². The number of carbonyl (C=O) groups excluding carboxylic acids is 1. The number of carbonyl (C=O) groups is 1. The number of pyridine rings is 1. The molecule has 4 rings (SSSR count).